The number of hydrogen-bond acceptors (Lipinski definition) is 3. The number of benzene rings is 1. The first-order valence-electron chi connectivity index (χ1n) is 7.06. The number of ether oxygens (including phenoxy) is 1. The van der Waals surface area contributed by atoms with Crippen LogP contribution in [0.1, 0.15) is 24.0 Å². The Balaban J connectivity index is 1.34. The normalized spacial score (nSPS) is 17.6. The minimum Gasteiger partial charge on any atom is -0.384 e. The Hall–Kier alpha value is -1.06. The van der Waals surface area contributed by atoms with Gasteiger partial charge in [0.1, 0.15) is 0 Å². The molecule has 3 nitrogen and oxygen atoms in total. The maximum Gasteiger partial charge on any atom is 0.0591 e. The Bertz CT molecular complexity index is 401. The van der Waals surface area contributed by atoms with Crippen molar-refractivity contribution < 1.29 is 4.74 Å². The van der Waals surface area contributed by atoms with Gasteiger partial charge in [-0.15, -0.1) is 0 Å². The third-order valence-electron chi connectivity index (χ3n) is 3.69. The van der Waals surface area contributed by atoms with E-state index >= 15 is 0 Å². The highest BCUT2D eigenvalue weighted by Crippen LogP contribution is 2.28. The smallest absolute Gasteiger partial charge is 0.0591 e. The molecule has 0 amide bonds. The highest BCUT2D eigenvalue weighted by molar-refractivity contribution is 5.56. The van der Waals surface area contributed by atoms with E-state index in [4.69, 9.17) is 4.74 Å². The van der Waals surface area contributed by atoms with Crippen LogP contribution < -0.4 is 10.6 Å². The Kier molecular flexibility index (Phi) is 3.81. The van der Waals surface area contributed by atoms with Gasteiger partial charge in [0.25, 0.3) is 0 Å². The van der Waals surface area contributed by atoms with Crippen molar-refractivity contribution in [2.24, 2.45) is 5.92 Å². The zero-order chi connectivity index (χ0) is 12.2. The summed E-state index contributed by atoms with van der Waals surface area (Å²) in [6.07, 6.45) is 3.91. The molecule has 1 fully saturated rings. The SMILES string of the molecule is c1cc2c(cc1CNCCOCC1CC1)NCC2. The van der Waals surface area contributed by atoms with Crippen molar-refractivity contribution in [1.29, 1.82) is 0 Å². The Morgan fingerprint density at radius 3 is 3.17 bits per heavy atom. The third kappa shape index (κ3) is 3.24. The zero-order valence-electron chi connectivity index (χ0n) is 10.9. The molecule has 0 saturated heterocycles. The lowest BCUT2D eigenvalue weighted by Crippen LogP contribution is -2.19. The third-order valence-corrected chi connectivity index (χ3v) is 3.69. The molecule has 0 spiro atoms. The number of fused-ring (bicyclic) bond motifs is 1. The van der Waals surface area contributed by atoms with E-state index in [1.54, 1.807) is 0 Å². The lowest BCUT2D eigenvalue weighted by atomic mass is 10.1. The molecule has 1 aromatic carbocycles. The fourth-order valence-electron chi connectivity index (χ4n) is 2.36. The van der Waals surface area contributed by atoms with Gasteiger partial charge in [0, 0.05) is 31.9 Å². The summed E-state index contributed by atoms with van der Waals surface area (Å²) in [7, 11) is 0. The molecule has 2 aliphatic rings. The van der Waals surface area contributed by atoms with Crippen molar-refractivity contribution in [2.45, 2.75) is 25.8 Å². The van der Waals surface area contributed by atoms with Crippen LogP contribution >= 0.6 is 0 Å². The summed E-state index contributed by atoms with van der Waals surface area (Å²) >= 11 is 0. The monoisotopic (exact) mass is 246 g/mol. The number of hydrogen-bond donors (Lipinski definition) is 2. The van der Waals surface area contributed by atoms with Gasteiger partial charge in [-0.25, -0.2) is 0 Å². The van der Waals surface area contributed by atoms with E-state index in [2.05, 4.69) is 28.8 Å². The molecular weight excluding hydrogens is 224 g/mol. The molecule has 1 aromatic rings. The van der Waals surface area contributed by atoms with Gasteiger partial charge in [-0.05, 0) is 42.4 Å². The first-order valence-corrected chi connectivity index (χ1v) is 7.06. The maximum atomic E-state index is 5.59. The lowest BCUT2D eigenvalue weighted by molar-refractivity contribution is 0.126. The van der Waals surface area contributed by atoms with Crippen LogP contribution in [0.25, 0.3) is 0 Å². The fraction of sp³-hybridized carbons (Fsp3) is 0.600. The van der Waals surface area contributed by atoms with Crippen molar-refractivity contribution in [3.8, 4) is 0 Å². The van der Waals surface area contributed by atoms with E-state index in [0.29, 0.717) is 0 Å². The van der Waals surface area contributed by atoms with Crippen molar-refractivity contribution in [3.63, 3.8) is 0 Å². The summed E-state index contributed by atoms with van der Waals surface area (Å²) in [5.41, 5.74) is 4.12. The highest BCUT2D eigenvalue weighted by Gasteiger charge is 2.20. The second kappa shape index (κ2) is 5.72. The predicted octanol–water partition coefficient (Wildman–Crippen LogP) is 2.17. The molecule has 18 heavy (non-hydrogen) atoms. The molecule has 0 atom stereocenters. The van der Waals surface area contributed by atoms with Gasteiger partial charge >= 0.3 is 0 Å². The average Bonchev–Trinajstić information content (AvgIpc) is 3.09. The van der Waals surface area contributed by atoms with E-state index < -0.39 is 0 Å². The second-order valence-electron chi connectivity index (χ2n) is 5.36. The minimum atomic E-state index is 0.833. The molecule has 0 radical (unpaired) electrons. The molecule has 0 unspecified atom stereocenters. The van der Waals surface area contributed by atoms with Crippen LogP contribution in [0.4, 0.5) is 5.69 Å². The van der Waals surface area contributed by atoms with E-state index in [1.165, 1.54) is 29.7 Å². The number of nitrogens with one attached hydrogen (secondary N) is 2. The van der Waals surface area contributed by atoms with Crippen LogP contribution in [-0.2, 0) is 17.7 Å². The van der Waals surface area contributed by atoms with Crippen molar-refractivity contribution in [1.82, 2.24) is 5.32 Å². The molecule has 0 bridgehead atoms. The quantitative estimate of drug-likeness (QED) is 0.723. The van der Waals surface area contributed by atoms with Crippen molar-refractivity contribution in [3.05, 3.63) is 29.3 Å². The molecule has 1 heterocycles. The Morgan fingerprint density at radius 2 is 2.28 bits per heavy atom. The van der Waals surface area contributed by atoms with Gasteiger partial charge in [0.15, 0.2) is 0 Å². The molecule has 2 N–H and O–H groups in total. The lowest BCUT2D eigenvalue weighted by Gasteiger charge is -2.07. The Labute approximate surface area is 109 Å². The van der Waals surface area contributed by atoms with Crippen LogP contribution in [0, 0.1) is 5.92 Å². The summed E-state index contributed by atoms with van der Waals surface area (Å²) < 4.78 is 5.59. The van der Waals surface area contributed by atoms with Crippen LogP contribution in [-0.4, -0.2) is 26.3 Å². The molecule has 1 saturated carbocycles. The molecule has 1 aliphatic heterocycles. The highest BCUT2D eigenvalue weighted by atomic mass is 16.5. The van der Waals surface area contributed by atoms with E-state index in [9.17, 15) is 0 Å². The summed E-state index contributed by atoms with van der Waals surface area (Å²) in [6.45, 7) is 4.75. The second-order valence-corrected chi connectivity index (χ2v) is 5.36. The molecule has 3 heteroatoms. The van der Waals surface area contributed by atoms with Crippen LogP contribution in [0.5, 0.6) is 0 Å². The number of anilines is 1. The first-order chi connectivity index (χ1) is 8.92. The topological polar surface area (TPSA) is 33.3 Å². The first kappa shape index (κ1) is 12.0. The van der Waals surface area contributed by atoms with E-state index in [1.807, 2.05) is 0 Å². The van der Waals surface area contributed by atoms with Gasteiger partial charge in [0.05, 0.1) is 6.61 Å². The van der Waals surface area contributed by atoms with Gasteiger partial charge in [-0.3, -0.25) is 0 Å². The molecule has 98 valence electrons. The van der Waals surface area contributed by atoms with Crippen molar-refractivity contribution >= 4 is 5.69 Å². The van der Waals surface area contributed by atoms with Gasteiger partial charge in [-0.1, -0.05) is 12.1 Å². The molecule has 3 rings (SSSR count). The Morgan fingerprint density at radius 1 is 1.33 bits per heavy atom. The summed E-state index contributed by atoms with van der Waals surface area (Å²) in [4.78, 5) is 0. The molecule has 0 aromatic heterocycles. The summed E-state index contributed by atoms with van der Waals surface area (Å²) in [5, 5.41) is 6.85. The maximum absolute atomic E-state index is 5.59. The van der Waals surface area contributed by atoms with Crippen LogP contribution in [0.15, 0.2) is 18.2 Å². The van der Waals surface area contributed by atoms with Crippen LogP contribution in [0.3, 0.4) is 0 Å². The summed E-state index contributed by atoms with van der Waals surface area (Å²) in [5.74, 6) is 0.868. The standard InChI is InChI=1S/C15H22N2O/c1-2-12(1)11-18-8-7-16-10-13-3-4-14-5-6-17-15(14)9-13/h3-4,9,12,16-17H,1-2,5-8,10-11H2. The fourth-order valence-corrected chi connectivity index (χ4v) is 2.36. The van der Waals surface area contributed by atoms with Crippen LogP contribution in [0.2, 0.25) is 0 Å². The van der Waals surface area contributed by atoms with Gasteiger partial charge in [0.2, 0.25) is 0 Å². The zero-order valence-corrected chi connectivity index (χ0v) is 10.9. The van der Waals surface area contributed by atoms with E-state index in [-0.39, 0.29) is 0 Å². The molecular formula is C15H22N2O. The predicted molar refractivity (Wildman–Crippen MR) is 73.9 cm³/mol. The average molecular weight is 246 g/mol. The number of rotatable bonds is 7. The van der Waals surface area contributed by atoms with Crippen molar-refractivity contribution in [2.75, 3.05) is 31.6 Å². The van der Waals surface area contributed by atoms with Gasteiger partial charge in [-0.2, -0.15) is 0 Å². The minimum absolute atomic E-state index is 0.833. The summed E-state index contributed by atoms with van der Waals surface area (Å²) in [6, 6.07) is 6.74. The molecule has 1 aliphatic carbocycles. The van der Waals surface area contributed by atoms with Gasteiger partial charge < -0.3 is 15.4 Å². The largest absolute Gasteiger partial charge is 0.384 e. The van der Waals surface area contributed by atoms with E-state index in [0.717, 1.165) is 45.2 Å².